The Labute approximate surface area is 339 Å². The molecular formula is C48H48N2O8. The normalized spacial score (nSPS) is 12.9. The standard InChI is InChI=1S/C48H48N2O8/c51-45(43(31-35-15-5-1-6-16-35)49-47(53)37-19-13-25-41(33-37)57-29-27-55-39-21-9-3-10-22-39)46(52)44(32-36-17-7-2-8-18-36)50-48(54)38-20-14-26-42(34-38)58-30-28-56-40-23-11-4-12-24-40/h1-26,33-34,43-46,51-52H,27-32H2,(H,49,53)(H,50,54). The second kappa shape index (κ2) is 21.6. The second-order valence-corrected chi connectivity index (χ2v) is 13.6. The largest absolute Gasteiger partial charge is 0.490 e. The summed E-state index contributed by atoms with van der Waals surface area (Å²) in [5, 5.41) is 29.7. The van der Waals surface area contributed by atoms with Crippen molar-refractivity contribution in [1.82, 2.24) is 10.6 Å². The molecular weight excluding hydrogens is 733 g/mol. The van der Waals surface area contributed by atoms with E-state index in [1.165, 1.54) is 0 Å². The summed E-state index contributed by atoms with van der Waals surface area (Å²) in [6, 6.07) is 49.2. The lowest BCUT2D eigenvalue weighted by atomic mass is 9.90. The van der Waals surface area contributed by atoms with Gasteiger partial charge in [-0.05, 0) is 84.6 Å². The summed E-state index contributed by atoms with van der Waals surface area (Å²) in [6.07, 6.45) is -2.58. The number of aliphatic hydroxyl groups excluding tert-OH is 2. The van der Waals surface area contributed by atoms with E-state index in [4.69, 9.17) is 18.9 Å². The molecule has 10 nitrogen and oxygen atoms in total. The minimum Gasteiger partial charge on any atom is -0.490 e. The third kappa shape index (κ3) is 12.7. The molecule has 4 N–H and O–H groups in total. The van der Waals surface area contributed by atoms with Gasteiger partial charge < -0.3 is 39.8 Å². The van der Waals surface area contributed by atoms with E-state index < -0.39 is 36.1 Å². The highest BCUT2D eigenvalue weighted by Gasteiger charge is 2.35. The van der Waals surface area contributed by atoms with E-state index in [2.05, 4.69) is 10.6 Å². The molecule has 0 fully saturated rings. The van der Waals surface area contributed by atoms with E-state index in [-0.39, 0.29) is 26.1 Å². The van der Waals surface area contributed by atoms with Crippen molar-refractivity contribution in [3.05, 3.63) is 192 Å². The molecule has 6 aromatic carbocycles. The van der Waals surface area contributed by atoms with Crippen molar-refractivity contribution >= 4 is 11.8 Å². The molecule has 0 heterocycles. The van der Waals surface area contributed by atoms with E-state index in [1.54, 1.807) is 48.5 Å². The molecule has 0 aromatic heterocycles. The van der Waals surface area contributed by atoms with Crippen molar-refractivity contribution in [1.29, 1.82) is 0 Å². The van der Waals surface area contributed by atoms with Gasteiger partial charge >= 0.3 is 0 Å². The van der Waals surface area contributed by atoms with E-state index in [0.29, 0.717) is 35.8 Å². The highest BCUT2D eigenvalue weighted by Crippen LogP contribution is 2.20. The number of nitrogens with one attached hydrogen (secondary N) is 2. The maximum absolute atomic E-state index is 13.8. The Morgan fingerprint density at radius 3 is 1.09 bits per heavy atom. The van der Waals surface area contributed by atoms with Gasteiger partial charge in [0.25, 0.3) is 11.8 Å². The average molecular weight is 781 g/mol. The van der Waals surface area contributed by atoms with Crippen LogP contribution in [0.25, 0.3) is 0 Å². The van der Waals surface area contributed by atoms with Gasteiger partial charge in [-0.15, -0.1) is 0 Å². The van der Waals surface area contributed by atoms with Gasteiger partial charge in [0.15, 0.2) is 0 Å². The molecule has 58 heavy (non-hydrogen) atoms. The van der Waals surface area contributed by atoms with Gasteiger partial charge in [0, 0.05) is 11.1 Å². The number of carbonyl (C=O) groups excluding carboxylic acids is 2. The zero-order valence-electron chi connectivity index (χ0n) is 32.1. The minimum atomic E-state index is -1.49. The first kappa shape index (κ1) is 41.0. The Balaban J connectivity index is 1.14. The third-order valence-electron chi connectivity index (χ3n) is 9.32. The molecule has 10 heteroatoms. The van der Waals surface area contributed by atoms with Crippen LogP contribution in [0.3, 0.4) is 0 Å². The van der Waals surface area contributed by atoms with Crippen LogP contribution in [0.15, 0.2) is 170 Å². The van der Waals surface area contributed by atoms with Crippen LogP contribution in [-0.4, -0.2) is 72.7 Å². The summed E-state index contributed by atoms with van der Waals surface area (Å²) >= 11 is 0. The monoisotopic (exact) mass is 780 g/mol. The fraction of sp³-hybridized carbons (Fsp3) is 0.208. The number of carbonyl (C=O) groups is 2. The average Bonchev–Trinajstić information content (AvgIpc) is 3.27. The molecule has 0 aliphatic heterocycles. The Morgan fingerprint density at radius 1 is 0.414 bits per heavy atom. The first-order chi connectivity index (χ1) is 28.4. The van der Waals surface area contributed by atoms with Crippen molar-refractivity contribution in [3.63, 3.8) is 0 Å². The minimum absolute atomic E-state index is 0.206. The number of para-hydroxylation sites is 2. The van der Waals surface area contributed by atoms with Crippen LogP contribution in [0.1, 0.15) is 31.8 Å². The SMILES string of the molecule is O=C(NC(Cc1ccccc1)C(O)C(O)C(Cc1ccccc1)NC(=O)c1cccc(OCCOc2ccccc2)c1)c1cccc(OCCOc2ccccc2)c1. The first-order valence-corrected chi connectivity index (χ1v) is 19.3. The van der Waals surface area contributed by atoms with Crippen molar-refractivity contribution < 1.29 is 38.7 Å². The Bertz CT molecular complexity index is 1980. The number of amides is 2. The molecule has 0 saturated heterocycles. The summed E-state index contributed by atoms with van der Waals surface area (Å²) in [6.45, 7) is 1.15. The molecule has 0 radical (unpaired) electrons. The number of hydrogen-bond acceptors (Lipinski definition) is 8. The summed E-state index contributed by atoms with van der Waals surface area (Å²) in [7, 11) is 0. The van der Waals surface area contributed by atoms with Gasteiger partial charge in [-0.2, -0.15) is 0 Å². The molecule has 0 bridgehead atoms. The highest BCUT2D eigenvalue weighted by molar-refractivity contribution is 5.95. The molecule has 298 valence electrons. The topological polar surface area (TPSA) is 136 Å². The van der Waals surface area contributed by atoms with Crippen LogP contribution in [0, 0.1) is 0 Å². The van der Waals surface area contributed by atoms with Crippen LogP contribution < -0.4 is 29.6 Å². The molecule has 2 amide bonds. The van der Waals surface area contributed by atoms with Gasteiger partial charge in [0.05, 0.1) is 12.1 Å². The number of ether oxygens (including phenoxy) is 4. The zero-order valence-corrected chi connectivity index (χ0v) is 32.1. The van der Waals surface area contributed by atoms with Crippen LogP contribution in [-0.2, 0) is 12.8 Å². The van der Waals surface area contributed by atoms with Crippen LogP contribution in [0.5, 0.6) is 23.0 Å². The van der Waals surface area contributed by atoms with E-state index in [1.807, 2.05) is 121 Å². The fourth-order valence-corrected chi connectivity index (χ4v) is 6.36. The van der Waals surface area contributed by atoms with Crippen molar-refractivity contribution in [3.8, 4) is 23.0 Å². The van der Waals surface area contributed by atoms with E-state index in [0.717, 1.165) is 22.6 Å². The molecule has 6 aromatic rings. The predicted molar refractivity (Wildman–Crippen MR) is 223 cm³/mol. The van der Waals surface area contributed by atoms with E-state index in [9.17, 15) is 19.8 Å². The first-order valence-electron chi connectivity index (χ1n) is 19.3. The highest BCUT2D eigenvalue weighted by atomic mass is 16.5. The van der Waals surface area contributed by atoms with Gasteiger partial charge in [-0.1, -0.05) is 109 Å². The van der Waals surface area contributed by atoms with Gasteiger partial charge in [-0.25, -0.2) is 0 Å². The van der Waals surface area contributed by atoms with E-state index >= 15 is 0 Å². The molecule has 0 aliphatic rings. The molecule has 4 unspecified atom stereocenters. The Hall–Kier alpha value is -6.62. The van der Waals surface area contributed by atoms with Crippen LogP contribution in [0.2, 0.25) is 0 Å². The smallest absolute Gasteiger partial charge is 0.251 e. The molecule has 0 spiro atoms. The second-order valence-electron chi connectivity index (χ2n) is 13.6. The molecule has 0 aliphatic carbocycles. The zero-order chi connectivity index (χ0) is 40.4. The predicted octanol–water partition coefficient (Wildman–Crippen LogP) is 6.71. The van der Waals surface area contributed by atoms with Gasteiger partial charge in [0.2, 0.25) is 0 Å². The van der Waals surface area contributed by atoms with Gasteiger partial charge in [-0.3, -0.25) is 9.59 Å². The van der Waals surface area contributed by atoms with Gasteiger partial charge in [0.1, 0.15) is 61.6 Å². The van der Waals surface area contributed by atoms with Crippen LogP contribution in [0.4, 0.5) is 0 Å². The van der Waals surface area contributed by atoms with Crippen LogP contribution >= 0.6 is 0 Å². The number of rotatable bonds is 21. The van der Waals surface area contributed by atoms with Crippen molar-refractivity contribution in [2.45, 2.75) is 37.1 Å². The molecule has 4 atom stereocenters. The fourth-order valence-electron chi connectivity index (χ4n) is 6.36. The quantitative estimate of drug-likeness (QED) is 0.0593. The lowest BCUT2D eigenvalue weighted by Crippen LogP contribution is -2.57. The maximum Gasteiger partial charge on any atom is 0.251 e. The maximum atomic E-state index is 13.8. The third-order valence-corrected chi connectivity index (χ3v) is 9.32. The summed E-state index contributed by atoms with van der Waals surface area (Å²) in [4.78, 5) is 27.6. The van der Waals surface area contributed by atoms with Crippen molar-refractivity contribution in [2.24, 2.45) is 0 Å². The number of aliphatic hydroxyl groups is 2. The summed E-state index contributed by atoms with van der Waals surface area (Å²) in [5.41, 5.74) is 2.29. The lowest BCUT2D eigenvalue weighted by molar-refractivity contribution is -0.0219. The summed E-state index contributed by atoms with van der Waals surface area (Å²) < 4.78 is 23.2. The summed E-state index contributed by atoms with van der Waals surface area (Å²) in [5.74, 6) is 1.49. The Morgan fingerprint density at radius 2 is 0.724 bits per heavy atom. The molecule has 0 saturated carbocycles. The van der Waals surface area contributed by atoms with Crippen molar-refractivity contribution in [2.75, 3.05) is 26.4 Å². The Kier molecular flexibility index (Phi) is 15.3. The molecule has 6 rings (SSSR count). The number of benzene rings is 6. The number of hydrogen-bond donors (Lipinski definition) is 4. The lowest BCUT2D eigenvalue weighted by Gasteiger charge is -2.33.